The molecule has 1 fully saturated rings. The molecular formula is C15H17N5. The zero-order valence-electron chi connectivity index (χ0n) is 11.5. The second kappa shape index (κ2) is 5.43. The highest BCUT2D eigenvalue weighted by molar-refractivity contribution is 5.93. The van der Waals surface area contributed by atoms with Crippen molar-refractivity contribution >= 4 is 16.6 Å². The highest BCUT2D eigenvalue weighted by Crippen LogP contribution is 2.30. The van der Waals surface area contributed by atoms with Crippen LogP contribution in [0.1, 0.15) is 19.0 Å². The lowest BCUT2D eigenvalue weighted by Crippen LogP contribution is -2.37. The number of hydrogen-bond acceptors (Lipinski definition) is 5. The molecule has 2 heterocycles. The fourth-order valence-electron chi connectivity index (χ4n) is 2.91. The van der Waals surface area contributed by atoms with Gasteiger partial charge in [-0.1, -0.05) is 18.2 Å². The molecule has 1 aliphatic heterocycles. The van der Waals surface area contributed by atoms with Crippen molar-refractivity contribution in [3.05, 3.63) is 30.0 Å². The van der Waals surface area contributed by atoms with Crippen LogP contribution in [0.15, 0.2) is 24.3 Å². The molecule has 1 atom stereocenters. The first kappa shape index (κ1) is 12.8. The minimum Gasteiger partial charge on any atom is -0.365 e. The number of fused-ring (bicyclic) bond motifs is 1. The molecular weight excluding hydrogens is 250 g/mol. The largest absolute Gasteiger partial charge is 0.365 e. The summed E-state index contributed by atoms with van der Waals surface area (Å²) >= 11 is 0. The van der Waals surface area contributed by atoms with Crippen molar-refractivity contribution in [2.75, 3.05) is 24.5 Å². The van der Waals surface area contributed by atoms with E-state index < -0.39 is 0 Å². The summed E-state index contributed by atoms with van der Waals surface area (Å²) in [5, 5.41) is 22.0. The number of nitrogens with one attached hydrogen (secondary N) is 1. The lowest BCUT2D eigenvalue weighted by molar-refractivity contribution is 0.647. The number of benzene rings is 1. The Morgan fingerprint density at radius 2 is 2.25 bits per heavy atom. The van der Waals surface area contributed by atoms with E-state index in [4.69, 9.17) is 0 Å². The maximum atomic E-state index is 9.37. The summed E-state index contributed by atoms with van der Waals surface area (Å²) in [6, 6.07) is 10.5. The van der Waals surface area contributed by atoms with Crippen LogP contribution >= 0.6 is 0 Å². The molecule has 3 rings (SSSR count). The van der Waals surface area contributed by atoms with Gasteiger partial charge in [0.05, 0.1) is 11.2 Å². The minimum absolute atomic E-state index is 0.414. The van der Waals surface area contributed by atoms with Gasteiger partial charge in [0.2, 0.25) is 0 Å². The van der Waals surface area contributed by atoms with Crippen molar-refractivity contribution in [1.29, 1.82) is 5.26 Å². The molecule has 0 spiro atoms. The van der Waals surface area contributed by atoms with Gasteiger partial charge in [-0.25, -0.2) is 0 Å². The van der Waals surface area contributed by atoms with Crippen molar-refractivity contribution in [3.63, 3.8) is 0 Å². The average Bonchev–Trinajstić information content (AvgIpc) is 3.02. The van der Waals surface area contributed by atoms with E-state index in [9.17, 15) is 5.26 Å². The molecule has 2 aromatic rings. The Morgan fingerprint density at radius 3 is 2.95 bits per heavy atom. The summed E-state index contributed by atoms with van der Waals surface area (Å²) in [5.41, 5.74) is 2.18. The second-order valence-corrected chi connectivity index (χ2v) is 4.96. The topological polar surface area (TPSA) is 64.8 Å². The number of rotatable bonds is 3. The molecule has 0 aliphatic carbocycles. The number of hydrogen-bond donors (Lipinski definition) is 1. The summed E-state index contributed by atoms with van der Waals surface area (Å²) in [7, 11) is 0. The monoisotopic (exact) mass is 267 g/mol. The van der Waals surface area contributed by atoms with Gasteiger partial charge < -0.3 is 10.2 Å². The van der Waals surface area contributed by atoms with Crippen LogP contribution in [-0.2, 0) is 0 Å². The molecule has 1 N–H and O–H groups in total. The van der Waals surface area contributed by atoms with Crippen LogP contribution in [0, 0.1) is 11.3 Å². The maximum absolute atomic E-state index is 9.37. The fraction of sp³-hybridized carbons (Fsp3) is 0.400. The smallest absolute Gasteiger partial charge is 0.187 e. The molecule has 5 heteroatoms. The van der Waals surface area contributed by atoms with Crippen LogP contribution < -0.4 is 10.2 Å². The van der Waals surface area contributed by atoms with Gasteiger partial charge in [-0.05, 0) is 26.0 Å². The first-order valence-corrected chi connectivity index (χ1v) is 6.98. The van der Waals surface area contributed by atoms with Crippen molar-refractivity contribution < 1.29 is 0 Å². The van der Waals surface area contributed by atoms with Gasteiger partial charge in [-0.2, -0.15) is 5.26 Å². The molecule has 1 unspecified atom stereocenters. The molecule has 1 saturated heterocycles. The number of nitrogens with zero attached hydrogens (tertiary/aromatic N) is 4. The van der Waals surface area contributed by atoms with Gasteiger partial charge in [-0.3, -0.25) is 0 Å². The molecule has 1 aromatic carbocycles. The van der Waals surface area contributed by atoms with E-state index in [2.05, 4.69) is 33.4 Å². The van der Waals surface area contributed by atoms with Crippen LogP contribution in [0.3, 0.4) is 0 Å². The lowest BCUT2D eigenvalue weighted by Gasteiger charge is -2.30. The predicted octanol–water partition coefficient (Wildman–Crippen LogP) is 1.69. The zero-order chi connectivity index (χ0) is 13.9. The zero-order valence-corrected chi connectivity index (χ0v) is 11.5. The first-order chi connectivity index (χ1) is 9.85. The van der Waals surface area contributed by atoms with Crippen LogP contribution in [0.4, 0.5) is 5.69 Å². The predicted molar refractivity (Wildman–Crippen MR) is 78.5 cm³/mol. The summed E-state index contributed by atoms with van der Waals surface area (Å²) in [6.45, 7) is 4.96. The summed E-state index contributed by atoms with van der Waals surface area (Å²) in [5.74, 6) is 0. The van der Waals surface area contributed by atoms with Crippen molar-refractivity contribution in [2.24, 2.45) is 0 Å². The Kier molecular flexibility index (Phi) is 3.48. The third-order valence-electron chi connectivity index (χ3n) is 3.85. The van der Waals surface area contributed by atoms with Gasteiger partial charge in [0.25, 0.3) is 0 Å². The molecule has 102 valence electrons. The van der Waals surface area contributed by atoms with Gasteiger partial charge in [0.15, 0.2) is 5.69 Å². The highest BCUT2D eigenvalue weighted by atomic mass is 15.2. The van der Waals surface area contributed by atoms with E-state index >= 15 is 0 Å². The highest BCUT2D eigenvalue weighted by Gasteiger charge is 2.25. The number of nitriles is 1. The summed E-state index contributed by atoms with van der Waals surface area (Å²) < 4.78 is 0. The van der Waals surface area contributed by atoms with E-state index in [1.54, 1.807) is 0 Å². The van der Waals surface area contributed by atoms with Crippen molar-refractivity contribution in [3.8, 4) is 6.07 Å². The molecule has 1 aromatic heterocycles. The van der Waals surface area contributed by atoms with Crippen molar-refractivity contribution in [1.82, 2.24) is 15.5 Å². The molecule has 5 nitrogen and oxygen atoms in total. The van der Waals surface area contributed by atoms with Crippen LogP contribution in [-0.4, -0.2) is 35.9 Å². The Bertz CT molecular complexity index is 655. The number of likely N-dealkylation sites (N-methyl/N-ethyl adjacent to an activating group) is 1. The molecule has 0 amide bonds. The van der Waals surface area contributed by atoms with Crippen LogP contribution in [0.25, 0.3) is 10.9 Å². The summed E-state index contributed by atoms with van der Waals surface area (Å²) in [6.07, 6.45) is 1.09. The average molecular weight is 267 g/mol. The number of aromatic nitrogens is 2. The van der Waals surface area contributed by atoms with Crippen molar-refractivity contribution in [2.45, 2.75) is 19.4 Å². The van der Waals surface area contributed by atoms with E-state index in [0.29, 0.717) is 11.7 Å². The van der Waals surface area contributed by atoms with Crippen LogP contribution in [0.2, 0.25) is 0 Å². The first-order valence-electron chi connectivity index (χ1n) is 6.98. The Labute approximate surface area is 118 Å². The molecule has 0 radical (unpaired) electrons. The second-order valence-electron chi connectivity index (χ2n) is 4.96. The number of anilines is 1. The minimum atomic E-state index is 0.414. The SMILES string of the molecule is CCN(c1c(C#N)nnc2ccccc12)C1CCNC1. The third-order valence-corrected chi connectivity index (χ3v) is 3.85. The third kappa shape index (κ3) is 2.08. The normalized spacial score (nSPS) is 18.1. The molecule has 0 saturated carbocycles. The van der Waals surface area contributed by atoms with Gasteiger partial charge in [0, 0.05) is 24.5 Å². The fourth-order valence-corrected chi connectivity index (χ4v) is 2.91. The van der Waals surface area contributed by atoms with Crippen LogP contribution in [0.5, 0.6) is 0 Å². The Hall–Kier alpha value is -2.19. The molecule has 1 aliphatic rings. The quantitative estimate of drug-likeness (QED) is 0.916. The lowest BCUT2D eigenvalue weighted by atomic mass is 10.1. The van der Waals surface area contributed by atoms with E-state index in [0.717, 1.165) is 42.6 Å². The Balaban J connectivity index is 2.18. The summed E-state index contributed by atoms with van der Waals surface area (Å²) in [4.78, 5) is 2.29. The van der Waals surface area contributed by atoms with E-state index in [1.807, 2.05) is 24.3 Å². The molecule has 0 bridgehead atoms. The molecule has 20 heavy (non-hydrogen) atoms. The Morgan fingerprint density at radius 1 is 1.40 bits per heavy atom. The van der Waals surface area contributed by atoms with E-state index in [1.165, 1.54) is 0 Å². The maximum Gasteiger partial charge on any atom is 0.187 e. The van der Waals surface area contributed by atoms with Gasteiger partial charge in [0.1, 0.15) is 6.07 Å². The van der Waals surface area contributed by atoms with Gasteiger partial charge >= 0.3 is 0 Å². The van der Waals surface area contributed by atoms with E-state index in [-0.39, 0.29) is 0 Å². The standard InChI is InChI=1S/C15H17N5/c1-2-20(11-7-8-17-10-11)15-12-5-3-4-6-13(12)18-19-14(15)9-16/h3-6,11,17H,2,7-8,10H2,1H3. The van der Waals surface area contributed by atoms with Gasteiger partial charge in [-0.15, -0.1) is 10.2 Å².